The van der Waals surface area contributed by atoms with E-state index in [1.807, 2.05) is 22.9 Å². The van der Waals surface area contributed by atoms with Gasteiger partial charge in [0, 0.05) is 44.0 Å². The first-order chi connectivity index (χ1) is 10.3. The summed E-state index contributed by atoms with van der Waals surface area (Å²) in [6.07, 6.45) is 9.58. The van der Waals surface area contributed by atoms with Crippen molar-refractivity contribution < 1.29 is 4.74 Å². The van der Waals surface area contributed by atoms with Gasteiger partial charge in [-0.15, -0.1) is 0 Å². The van der Waals surface area contributed by atoms with Crippen LogP contribution in [0.5, 0.6) is 0 Å². The maximum atomic E-state index is 5.81. The van der Waals surface area contributed by atoms with Crippen LogP contribution in [0, 0.1) is 0 Å². The molecule has 3 rings (SSSR count). The Balaban J connectivity index is 1.64. The first kappa shape index (κ1) is 14.2. The van der Waals surface area contributed by atoms with Crippen molar-refractivity contribution in [3.63, 3.8) is 0 Å². The highest BCUT2D eigenvalue weighted by atomic mass is 16.5. The molecule has 0 amide bonds. The van der Waals surface area contributed by atoms with Crippen molar-refractivity contribution in [1.29, 1.82) is 0 Å². The van der Waals surface area contributed by atoms with Crippen molar-refractivity contribution >= 4 is 0 Å². The summed E-state index contributed by atoms with van der Waals surface area (Å²) in [6.45, 7) is 2.75. The largest absolute Gasteiger partial charge is 0.377 e. The molecule has 0 spiro atoms. The van der Waals surface area contributed by atoms with Gasteiger partial charge in [-0.3, -0.25) is 9.47 Å². The van der Waals surface area contributed by atoms with Crippen molar-refractivity contribution in [2.45, 2.75) is 31.9 Å². The normalized spacial score (nSPS) is 19.0. The highest BCUT2D eigenvalue weighted by molar-refractivity contribution is 5.20. The van der Waals surface area contributed by atoms with Gasteiger partial charge < -0.3 is 4.74 Å². The van der Waals surface area contributed by atoms with Crippen LogP contribution in [0.1, 0.15) is 25.0 Å². The van der Waals surface area contributed by atoms with Gasteiger partial charge in [-0.2, -0.15) is 0 Å². The molecule has 0 bridgehead atoms. The van der Waals surface area contributed by atoms with Gasteiger partial charge in [-0.05, 0) is 44.5 Å². The summed E-state index contributed by atoms with van der Waals surface area (Å²) in [6, 6.07) is 5.99. The van der Waals surface area contributed by atoms with Crippen LogP contribution in [0.4, 0.5) is 0 Å². The summed E-state index contributed by atoms with van der Waals surface area (Å²) in [4.78, 5) is 10.9. The Morgan fingerprint density at radius 3 is 2.90 bits per heavy atom. The number of rotatable bonds is 5. The van der Waals surface area contributed by atoms with Gasteiger partial charge >= 0.3 is 0 Å². The molecule has 1 atom stereocenters. The average Bonchev–Trinajstić information content (AvgIpc) is 2.97. The second-order valence-corrected chi connectivity index (χ2v) is 5.60. The Morgan fingerprint density at radius 2 is 2.14 bits per heavy atom. The van der Waals surface area contributed by atoms with E-state index in [4.69, 9.17) is 4.74 Å². The highest BCUT2D eigenvalue weighted by Gasteiger charge is 2.17. The van der Waals surface area contributed by atoms with Crippen LogP contribution < -0.4 is 0 Å². The molecule has 0 saturated carbocycles. The van der Waals surface area contributed by atoms with Crippen molar-refractivity contribution in [3.8, 4) is 5.95 Å². The maximum absolute atomic E-state index is 5.81. The third-order valence-electron chi connectivity index (χ3n) is 3.82. The van der Waals surface area contributed by atoms with E-state index >= 15 is 0 Å². The molecule has 0 N–H and O–H groups in total. The molecular formula is C16H22N4O. The molecule has 0 aliphatic carbocycles. The minimum Gasteiger partial charge on any atom is -0.377 e. The van der Waals surface area contributed by atoms with Gasteiger partial charge in [0.2, 0.25) is 5.95 Å². The summed E-state index contributed by atoms with van der Waals surface area (Å²) in [5, 5.41) is 0. The number of likely N-dealkylation sites (N-methyl/N-ethyl adjacent to an activating group) is 1. The van der Waals surface area contributed by atoms with Crippen LogP contribution in [-0.2, 0) is 11.3 Å². The molecule has 1 saturated heterocycles. The van der Waals surface area contributed by atoms with E-state index in [0.29, 0.717) is 6.10 Å². The second kappa shape index (κ2) is 6.83. The summed E-state index contributed by atoms with van der Waals surface area (Å²) < 4.78 is 7.85. The molecule has 1 fully saturated rings. The molecular weight excluding hydrogens is 264 g/mol. The Morgan fingerprint density at radius 1 is 1.29 bits per heavy atom. The summed E-state index contributed by atoms with van der Waals surface area (Å²) in [7, 11) is 2.14. The zero-order chi connectivity index (χ0) is 14.5. The molecule has 2 aromatic heterocycles. The molecule has 3 heterocycles. The van der Waals surface area contributed by atoms with E-state index in [1.54, 1.807) is 12.4 Å². The smallest absolute Gasteiger partial charge is 0.233 e. The minimum atomic E-state index is 0.375. The first-order valence-electron chi connectivity index (χ1n) is 7.57. The van der Waals surface area contributed by atoms with Crippen molar-refractivity contribution in [2.24, 2.45) is 0 Å². The van der Waals surface area contributed by atoms with E-state index < -0.39 is 0 Å². The lowest BCUT2D eigenvalue weighted by atomic mass is 10.1. The predicted octanol–water partition coefficient (Wildman–Crippen LogP) is 2.27. The molecule has 0 aromatic carbocycles. The molecule has 1 unspecified atom stereocenters. The van der Waals surface area contributed by atoms with Crippen molar-refractivity contribution in [3.05, 3.63) is 42.5 Å². The molecule has 5 nitrogen and oxygen atoms in total. The third kappa shape index (κ3) is 3.68. The Hall–Kier alpha value is -1.72. The minimum absolute atomic E-state index is 0.375. The van der Waals surface area contributed by atoms with Gasteiger partial charge in [0.1, 0.15) is 0 Å². The summed E-state index contributed by atoms with van der Waals surface area (Å²) >= 11 is 0. The standard InChI is InChI=1S/C16H22N4O/c1-19(13-15-7-2-3-11-21-15)12-14-6-4-10-20(14)16-17-8-5-9-18-16/h4-6,8-10,15H,2-3,7,11-13H2,1H3. The zero-order valence-corrected chi connectivity index (χ0v) is 12.5. The molecule has 1 aliphatic rings. The monoisotopic (exact) mass is 286 g/mol. The molecule has 112 valence electrons. The fraction of sp³-hybridized carbons (Fsp3) is 0.500. The fourth-order valence-electron chi connectivity index (χ4n) is 2.80. The summed E-state index contributed by atoms with van der Waals surface area (Å²) in [5.41, 5.74) is 1.19. The van der Waals surface area contributed by atoms with Gasteiger partial charge in [0.05, 0.1) is 6.10 Å². The SMILES string of the molecule is CN(Cc1cccn1-c1ncccn1)CC1CCCCO1. The van der Waals surface area contributed by atoms with E-state index in [2.05, 4.69) is 28.0 Å². The summed E-state index contributed by atoms with van der Waals surface area (Å²) in [5.74, 6) is 0.722. The average molecular weight is 286 g/mol. The number of nitrogens with zero attached hydrogens (tertiary/aromatic N) is 4. The molecule has 2 aromatic rings. The Labute approximate surface area is 125 Å². The first-order valence-corrected chi connectivity index (χ1v) is 7.57. The van der Waals surface area contributed by atoms with Crippen LogP contribution in [0.25, 0.3) is 5.95 Å². The second-order valence-electron chi connectivity index (χ2n) is 5.60. The fourth-order valence-corrected chi connectivity index (χ4v) is 2.80. The van der Waals surface area contributed by atoms with Gasteiger partial charge in [-0.1, -0.05) is 0 Å². The highest BCUT2D eigenvalue weighted by Crippen LogP contribution is 2.15. The lowest BCUT2D eigenvalue weighted by molar-refractivity contribution is -0.00280. The van der Waals surface area contributed by atoms with Crippen LogP contribution in [-0.4, -0.2) is 45.7 Å². The number of hydrogen-bond donors (Lipinski definition) is 0. The topological polar surface area (TPSA) is 43.2 Å². The Kier molecular flexibility index (Phi) is 4.62. The van der Waals surface area contributed by atoms with Crippen LogP contribution in [0.3, 0.4) is 0 Å². The van der Waals surface area contributed by atoms with Crippen LogP contribution in [0.15, 0.2) is 36.8 Å². The van der Waals surface area contributed by atoms with Crippen molar-refractivity contribution in [1.82, 2.24) is 19.4 Å². The quantitative estimate of drug-likeness (QED) is 0.845. The van der Waals surface area contributed by atoms with Crippen LogP contribution >= 0.6 is 0 Å². The number of ether oxygens (including phenoxy) is 1. The van der Waals surface area contributed by atoms with Gasteiger partial charge in [0.15, 0.2) is 0 Å². The zero-order valence-electron chi connectivity index (χ0n) is 12.5. The van der Waals surface area contributed by atoms with E-state index in [1.165, 1.54) is 25.0 Å². The van der Waals surface area contributed by atoms with Gasteiger partial charge in [-0.25, -0.2) is 9.97 Å². The molecule has 1 aliphatic heterocycles. The number of aromatic nitrogens is 3. The lowest BCUT2D eigenvalue weighted by Gasteiger charge is -2.27. The van der Waals surface area contributed by atoms with E-state index in [-0.39, 0.29) is 0 Å². The van der Waals surface area contributed by atoms with E-state index in [0.717, 1.165) is 25.6 Å². The lowest BCUT2D eigenvalue weighted by Crippen LogP contribution is -2.33. The van der Waals surface area contributed by atoms with E-state index in [9.17, 15) is 0 Å². The maximum Gasteiger partial charge on any atom is 0.233 e. The Bertz CT molecular complexity index is 548. The molecule has 21 heavy (non-hydrogen) atoms. The molecule has 0 radical (unpaired) electrons. The van der Waals surface area contributed by atoms with Crippen molar-refractivity contribution in [2.75, 3.05) is 20.2 Å². The molecule has 5 heteroatoms. The number of hydrogen-bond acceptors (Lipinski definition) is 4. The predicted molar refractivity (Wildman–Crippen MR) is 81.3 cm³/mol. The third-order valence-corrected chi connectivity index (χ3v) is 3.82. The van der Waals surface area contributed by atoms with Crippen LogP contribution in [0.2, 0.25) is 0 Å². The van der Waals surface area contributed by atoms with Gasteiger partial charge in [0.25, 0.3) is 0 Å².